The lowest BCUT2D eigenvalue weighted by atomic mass is 10.2. The van der Waals surface area contributed by atoms with Gasteiger partial charge in [0.25, 0.3) is 0 Å². The third-order valence-corrected chi connectivity index (χ3v) is 2.79. The highest BCUT2D eigenvalue weighted by Crippen LogP contribution is 2.22. The Hall–Kier alpha value is -2.15. The van der Waals surface area contributed by atoms with E-state index < -0.39 is 23.7 Å². The molecule has 0 aromatic heterocycles. The van der Waals surface area contributed by atoms with E-state index in [1.165, 1.54) is 6.07 Å². The number of carbonyl (C=O) groups is 3. The molecule has 114 valence electrons. The number of halogens is 2. The number of carboxylic acid groups (broad SMARTS) is 1. The standard InChI is InChI=1S/C13H14ClFN2O4/c14-9-7-8(15)5-6-10(9)16-13(21)17-11(18)3-1-2-4-12(19)20/h5-7H,1-4H2,(H,19,20)(H2,16,17,18,21). The molecule has 8 heteroatoms. The maximum atomic E-state index is 12.8. The van der Waals surface area contributed by atoms with E-state index in [2.05, 4.69) is 10.6 Å². The molecule has 3 amide bonds. The summed E-state index contributed by atoms with van der Waals surface area (Å²) < 4.78 is 12.8. The van der Waals surface area contributed by atoms with Gasteiger partial charge in [-0.25, -0.2) is 9.18 Å². The topological polar surface area (TPSA) is 95.5 Å². The first kappa shape index (κ1) is 16.9. The lowest BCUT2D eigenvalue weighted by molar-refractivity contribution is -0.137. The van der Waals surface area contributed by atoms with Crippen molar-refractivity contribution in [3.8, 4) is 0 Å². The number of rotatable bonds is 6. The maximum absolute atomic E-state index is 12.8. The average Bonchev–Trinajstić information content (AvgIpc) is 2.38. The number of carbonyl (C=O) groups excluding carboxylic acids is 2. The van der Waals surface area contributed by atoms with Crippen molar-refractivity contribution >= 4 is 35.2 Å². The van der Waals surface area contributed by atoms with Crippen molar-refractivity contribution in [2.24, 2.45) is 0 Å². The van der Waals surface area contributed by atoms with Crippen LogP contribution in [-0.2, 0) is 9.59 Å². The molecule has 1 aromatic rings. The number of anilines is 1. The second-order valence-electron chi connectivity index (χ2n) is 4.23. The number of imide groups is 1. The zero-order valence-electron chi connectivity index (χ0n) is 11.0. The minimum absolute atomic E-state index is 0.0130. The molecule has 21 heavy (non-hydrogen) atoms. The number of aliphatic carboxylic acids is 1. The smallest absolute Gasteiger partial charge is 0.325 e. The predicted octanol–water partition coefficient (Wildman–Crippen LogP) is 2.77. The fourth-order valence-corrected chi connectivity index (χ4v) is 1.71. The molecule has 0 atom stereocenters. The van der Waals surface area contributed by atoms with E-state index in [9.17, 15) is 18.8 Å². The fraction of sp³-hybridized carbons (Fsp3) is 0.308. The van der Waals surface area contributed by atoms with Crippen LogP contribution in [0.25, 0.3) is 0 Å². The molecular formula is C13H14ClFN2O4. The predicted molar refractivity (Wildman–Crippen MR) is 74.7 cm³/mol. The largest absolute Gasteiger partial charge is 0.481 e. The van der Waals surface area contributed by atoms with Gasteiger partial charge in [0.15, 0.2) is 0 Å². The van der Waals surface area contributed by atoms with Crippen molar-refractivity contribution in [3.05, 3.63) is 29.0 Å². The van der Waals surface area contributed by atoms with Gasteiger partial charge in [-0.15, -0.1) is 0 Å². The monoisotopic (exact) mass is 316 g/mol. The third-order valence-electron chi connectivity index (χ3n) is 2.48. The first-order valence-corrected chi connectivity index (χ1v) is 6.54. The summed E-state index contributed by atoms with van der Waals surface area (Å²) in [5, 5.41) is 12.8. The van der Waals surface area contributed by atoms with Crippen molar-refractivity contribution < 1.29 is 23.9 Å². The quantitative estimate of drug-likeness (QED) is 0.703. The first-order valence-electron chi connectivity index (χ1n) is 6.16. The zero-order chi connectivity index (χ0) is 15.8. The Balaban J connectivity index is 2.36. The van der Waals surface area contributed by atoms with E-state index in [0.29, 0.717) is 12.8 Å². The summed E-state index contributed by atoms with van der Waals surface area (Å²) in [6, 6.07) is 2.64. The van der Waals surface area contributed by atoms with Gasteiger partial charge in [-0.3, -0.25) is 14.9 Å². The Labute approximate surface area is 125 Å². The van der Waals surface area contributed by atoms with Crippen LogP contribution < -0.4 is 10.6 Å². The highest BCUT2D eigenvalue weighted by molar-refractivity contribution is 6.33. The first-order chi connectivity index (χ1) is 9.88. The van der Waals surface area contributed by atoms with Crippen molar-refractivity contribution in [2.45, 2.75) is 25.7 Å². The number of benzene rings is 1. The molecule has 0 heterocycles. The number of nitrogens with one attached hydrogen (secondary N) is 2. The van der Waals surface area contributed by atoms with Crippen LogP contribution in [0, 0.1) is 5.82 Å². The second kappa shape index (κ2) is 8.21. The molecule has 0 fully saturated rings. The van der Waals surface area contributed by atoms with Gasteiger partial charge in [0.1, 0.15) is 5.82 Å². The van der Waals surface area contributed by atoms with Crippen LogP contribution in [0.2, 0.25) is 5.02 Å². The van der Waals surface area contributed by atoms with Gasteiger partial charge in [0.05, 0.1) is 10.7 Å². The zero-order valence-corrected chi connectivity index (χ0v) is 11.7. The third kappa shape index (κ3) is 6.71. The molecule has 1 rings (SSSR count). The summed E-state index contributed by atoms with van der Waals surface area (Å²) in [6.45, 7) is 0. The van der Waals surface area contributed by atoms with Crippen LogP contribution in [0.4, 0.5) is 14.9 Å². The van der Waals surface area contributed by atoms with Crippen LogP contribution in [0.1, 0.15) is 25.7 Å². The normalized spacial score (nSPS) is 10.0. The average molecular weight is 317 g/mol. The lowest BCUT2D eigenvalue weighted by Crippen LogP contribution is -2.34. The Morgan fingerprint density at radius 1 is 1.19 bits per heavy atom. The highest BCUT2D eigenvalue weighted by Gasteiger charge is 2.10. The molecule has 1 aromatic carbocycles. The van der Waals surface area contributed by atoms with E-state index in [-0.39, 0.29) is 23.6 Å². The summed E-state index contributed by atoms with van der Waals surface area (Å²) >= 11 is 5.72. The lowest BCUT2D eigenvalue weighted by Gasteiger charge is -2.08. The van der Waals surface area contributed by atoms with Crippen LogP contribution in [0.3, 0.4) is 0 Å². The molecule has 0 aliphatic rings. The molecule has 0 unspecified atom stereocenters. The Bertz CT molecular complexity index is 551. The van der Waals surface area contributed by atoms with Gasteiger partial charge in [0.2, 0.25) is 5.91 Å². The molecular weight excluding hydrogens is 303 g/mol. The van der Waals surface area contributed by atoms with E-state index in [4.69, 9.17) is 16.7 Å². The number of hydrogen-bond acceptors (Lipinski definition) is 3. The van der Waals surface area contributed by atoms with Gasteiger partial charge in [0, 0.05) is 12.8 Å². The van der Waals surface area contributed by atoms with E-state index in [1.807, 2.05) is 0 Å². The number of carboxylic acids is 1. The van der Waals surface area contributed by atoms with Crippen LogP contribution in [-0.4, -0.2) is 23.0 Å². The number of amides is 3. The Morgan fingerprint density at radius 3 is 2.48 bits per heavy atom. The van der Waals surface area contributed by atoms with Crippen molar-refractivity contribution in [1.29, 1.82) is 0 Å². The summed E-state index contributed by atoms with van der Waals surface area (Å²) in [5.74, 6) is -2.00. The van der Waals surface area contributed by atoms with Gasteiger partial charge in [-0.1, -0.05) is 11.6 Å². The van der Waals surface area contributed by atoms with E-state index >= 15 is 0 Å². The van der Waals surface area contributed by atoms with Gasteiger partial charge in [-0.05, 0) is 31.0 Å². The van der Waals surface area contributed by atoms with Crippen LogP contribution in [0.15, 0.2) is 18.2 Å². The van der Waals surface area contributed by atoms with E-state index in [0.717, 1.165) is 12.1 Å². The Kier molecular flexibility index (Phi) is 6.61. The Morgan fingerprint density at radius 2 is 1.86 bits per heavy atom. The fourth-order valence-electron chi connectivity index (χ4n) is 1.50. The SMILES string of the molecule is O=C(O)CCCCC(=O)NC(=O)Nc1ccc(F)cc1Cl. The van der Waals surface area contributed by atoms with E-state index in [1.54, 1.807) is 0 Å². The molecule has 6 nitrogen and oxygen atoms in total. The van der Waals surface area contributed by atoms with Gasteiger partial charge < -0.3 is 10.4 Å². The summed E-state index contributed by atoms with van der Waals surface area (Å²) in [4.78, 5) is 33.2. The van der Waals surface area contributed by atoms with Gasteiger partial charge in [-0.2, -0.15) is 0 Å². The van der Waals surface area contributed by atoms with Crippen molar-refractivity contribution in [1.82, 2.24) is 5.32 Å². The molecule has 0 saturated carbocycles. The molecule has 0 bridgehead atoms. The molecule has 3 N–H and O–H groups in total. The number of hydrogen-bond donors (Lipinski definition) is 3. The number of unbranched alkanes of at least 4 members (excludes halogenated alkanes) is 1. The van der Waals surface area contributed by atoms with Crippen molar-refractivity contribution in [2.75, 3.05) is 5.32 Å². The van der Waals surface area contributed by atoms with Gasteiger partial charge >= 0.3 is 12.0 Å². The van der Waals surface area contributed by atoms with Crippen LogP contribution >= 0.6 is 11.6 Å². The molecule has 0 radical (unpaired) electrons. The summed E-state index contributed by atoms with van der Waals surface area (Å²) in [7, 11) is 0. The second-order valence-corrected chi connectivity index (χ2v) is 4.63. The minimum atomic E-state index is -0.931. The summed E-state index contributed by atoms with van der Waals surface area (Å²) in [5.41, 5.74) is 0.175. The highest BCUT2D eigenvalue weighted by atomic mass is 35.5. The van der Waals surface area contributed by atoms with Crippen LogP contribution in [0.5, 0.6) is 0 Å². The molecule has 0 spiro atoms. The molecule has 0 aliphatic carbocycles. The maximum Gasteiger partial charge on any atom is 0.325 e. The van der Waals surface area contributed by atoms with Crippen molar-refractivity contribution in [3.63, 3.8) is 0 Å². The number of urea groups is 1. The minimum Gasteiger partial charge on any atom is -0.481 e. The summed E-state index contributed by atoms with van der Waals surface area (Å²) in [6.07, 6.45) is 0.736. The molecule has 0 aliphatic heterocycles. The molecule has 0 saturated heterocycles.